The van der Waals surface area contributed by atoms with Gasteiger partial charge in [0.25, 0.3) is 5.56 Å². The van der Waals surface area contributed by atoms with Gasteiger partial charge in [-0.3, -0.25) is 13.9 Å². The van der Waals surface area contributed by atoms with Gasteiger partial charge in [-0.2, -0.15) is 0 Å². The number of likely N-dealkylation sites (N-methyl/N-ethyl adjacent to an activating group) is 1. The van der Waals surface area contributed by atoms with Crippen molar-refractivity contribution in [1.29, 1.82) is 0 Å². The molecule has 0 fully saturated rings. The molecule has 0 aromatic carbocycles. The minimum Gasteiger partial charge on any atom is -1.00 e. The maximum absolute atomic E-state index is 12.5. The van der Waals surface area contributed by atoms with Crippen molar-refractivity contribution >= 4 is 11.2 Å². The second kappa shape index (κ2) is 7.23. The first-order valence-electron chi connectivity index (χ1n) is 7.40. The summed E-state index contributed by atoms with van der Waals surface area (Å²) in [6.45, 7) is 6.72. The lowest BCUT2D eigenvalue weighted by atomic mass is 10.3. The van der Waals surface area contributed by atoms with Crippen LogP contribution in [0.25, 0.3) is 11.2 Å². The van der Waals surface area contributed by atoms with E-state index in [2.05, 4.69) is 31.0 Å². The Kier molecular flexibility index (Phi) is 6.13. The normalized spacial score (nSPS) is 11.6. The first-order chi connectivity index (χ1) is 9.91. The first kappa shape index (κ1) is 18.6. The van der Waals surface area contributed by atoms with Gasteiger partial charge in [-0.15, -0.1) is 0 Å². The molecule has 0 spiro atoms. The Morgan fingerprint density at radius 1 is 1.18 bits per heavy atom. The topological polar surface area (TPSA) is 72.7 Å². The lowest BCUT2D eigenvalue weighted by Gasteiger charge is -2.29. The average molecular weight is 374 g/mol. The largest absolute Gasteiger partial charge is 1.00 e. The summed E-state index contributed by atoms with van der Waals surface area (Å²) in [6, 6.07) is 0. The third-order valence-electron chi connectivity index (χ3n) is 3.87. The zero-order valence-corrected chi connectivity index (χ0v) is 15.2. The molecule has 0 saturated carbocycles. The summed E-state index contributed by atoms with van der Waals surface area (Å²) in [6.07, 6.45) is 2.56. The fourth-order valence-corrected chi connectivity index (χ4v) is 2.68. The lowest BCUT2D eigenvalue weighted by molar-refractivity contribution is -0.890. The molecular formula is C14H24BrN5O2. The zero-order valence-electron chi connectivity index (χ0n) is 13.6. The standard InChI is InChI=1S/C14H23N5O2.BrH/c1-5-8-19(3,4)9-7-18-12-11(15-10-16-12)13(20)17(6-2)14(18)21;/h10H,5-9H2,1-4H3;1H. The van der Waals surface area contributed by atoms with Crippen LogP contribution in [0.2, 0.25) is 0 Å². The number of halogens is 1. The van der Waals surface area contributed by atoms with Gasteiger partial charge in [0.05, 0.1) is 40.1 Å². The molecule has 2 aromatic heterocycles. The minimum absolute atomic E-state index is 0. The van der Waals surface area contributed by atoms with Crippen LogP contribution in [0.15, 0.2) is 15.9 Å². The smallest absolute Gasteiger partial charge is 0.332 e. The van der Waals surface area contributed by atoms with Gasteiger partial charge in [0, 0.05) is 6.54 Å². The molecule has 0 aliphatic carbocycles. The van der Waals surface area contributed by atoms with E-state index >= 15 is 0 Å². The number of fused-ring (bicyclic) bond motifs is 1. The van der Waals surface area contributed by atoms with Crippen LogP contribution in [0.5, 0.6) is 0 Å². The molecule has 0 bridgehead atoms. The quantitative estimate of drug-likeness (QED) is 0.564. The van der Waals surface area contributed by atoms with Gasteiger partial charge >= 0.3 is 5.69 Å². The third-order valence-corrected chi connectivity index (χ3v) is 3.87. The summed E-state index contributed by atoms with van der Waals surface area (Å²) < 4.78 is 3.69. The number of H-pyrrole nitrogens is 1. The Balaban J connectivity index is 0.00000242. The number of rotatable bonds is 6. The Labute approximate surface area is 139 Å². The molecule has 22 heavy (non-hydrogen) atoms. The number of hydrogen-bond acceptors (Lipinski definition) is 3. The molecule has 0 saturated heterocycles. The zero-order chi connectivity index (χ0) is 15.6. The van der Waals surface area contributed by atoms with Crippen molar-refractivity contribution in [2.24, 2.45) is 0 Å². The summed E-state index contributed by atoms with van der Waals surface area (Å²) in [5.41, 5.74) is 0.274. The van der Waals surface area contributed by atoms with Crippen LogP contribution in [0.1, 0.15) is 20.3 Å². The molecule has 2 rings (SSSR count). The Hall–Kier alpha value is -1.41. The fourth-order valence-electron chi connectivity index (χ4n) is 2.68. The summed E-state index contributed by atoms with van der Waals surface area (Å²) >= 11 is 0. The van der Waals surface area contributed by atoms with Gasteiger partial charge in [-0.25, -0.2) is 9.78 Å². The number of imidazole rings is 1. The van der Waals surface area contributed by atoms with Crippen LogP contribution < -0.4 is 28.2 Å². The fraction of sp³-hybridized carbons (Fsp3) is 0.643. The number of aromatic nitrogens is 4. The second-order valence-electron chi connectivity index (χ2n) is 5.97. The van der Waals surface area contributed by atoms with Gasteiger partial charge < -0.3 is 26.4 Å². The van der Waals surface area contributed by atoms with E-state index in [0.29, 0.717) is 24.3 Å². The van der Waals surface area contributed by atoms with Crippen LogP contribution in [0.4, 0.5) is 0 Å². The summed E-state index contributed by atoms with van der Waals surface area (Å²) in [4.78, 5) is 31.6. The van der Waals surface area contributed by atoms with Crippen molar-refractivity contribution in [2.75, 3.05) is 27.2 Å². The maximum Gasteiger partial charge on any atom is 0.332 e. The Morgan fingerprint density at radius 3 is 2.45 bits per heavy atom. The molecule has 0 amide bonds. The van der Waals surface area contributed by atoms with Crippen molar-refractivity contribution in [3.05, 3.63) is 27.2 Å². The van der Waals surface area contributed by atoms with E-state index in [4.69, 9.17) is 0 Å². The highest BCUT2D eigenvalue weighted by molar-refractivity contribution is 5.68. The van der Waals surface area contributed by atoms with E-state index in [0.717, 1.165) is 24.0 Å². The highest BCUT2D eigenvalue weighted by Gasteiger charge is 2.18. The molecular weight excluding hydrogens is 350 g/mol. The molecule has 124 valence electrons. The number of quaternary nitrogens is 1. The summed E-state index contributed by atoms with van der Waals surface area (Å²) in [5, 5.41) is 0. The van der Waals surface area contributed by atoms with E-state index in [1.165, 1.54) is 10.9 Å². The second-order valence-corrected chi connectivity index (χ2v) is 5.97. The molecule has 1 N–H and O–H groups in total. The van der Waals surface area contributed by atoms with Gasteiger partial charge in [-0.1, -0.05) is 6.92 Å². The van der Waals surface area contributed by atoms with Gasteiger partial charge in [0.1, 0.15) is 5.52 Å². The molecule has 2 heterocycles. The molecule has 0 radical (unpaired) electrons. The third kappa shape index (κ3) is 3.49. The predicted molar refractivity (Wildman–Crippen MR) is 82.4 cm³/mol. The van der Waals surface area contributed by atoms with E-state index in [1.807, 2.05) is 0 Å². The Bertz CT molecular complexity index is 744. The number of nitrogens with zero attached hydrogens (tertiary/aromatic N) is 4. The molecule has 0 aliphatic rings. The van der Waals surface area contributed by atoms with Gasteiger partial charge in [-0.05, 0) is 13.3 Å². The van der Waals surface area contributed by atoms with Crippen molar-refractivity contribution in [2.45, 2.75) is 33.4 Å². The lowest BCUT2D eigenvalue weighted by Crippen LogP contribution is -3.00. The first-order valence-corrected chi connectivity index (χ1v) is 7.40. The van der Waals surface area contributed by atoms with Crippen LogP contribution in [0.3, 0.4) is 0 Å². The number of nitrogens with one attached hydrogen (secondary N) is 1. The monoisotopic (exact) mass is 373 g/mol. The van der Waals surface area contributed by atoms with E-state index in [-0.39, 0.29) is 28.2 Å². The molecule has 2 aromatic rings. The number of aromatic amines is 1. The van der Waals surface area contributed by atoms with Crippen molar-refractivity contribution in [1.82, 2.24) is 19.1 Å². The van der Waals surface area contributed by atoms with Crippen molar-refractivity contribution in [3.8, 4) is 0 Å². The van der Waals surface area contributed by atoms with Crippen LogP contribution in [0, 0.1) is 0 Å². The minimum atomic E-state index is -0.298. The summed E-state index contributed by atoms with van der Waals surface area (Å²) in [5.74, 6) is 0. The van der Waals surface area contributed by atoms with Gasteiger partial charge in [0.15, 0.2) is 5.65 Å². The van der Waals surface area contributed by atoms with Crippen LogP contribution in [-0.2, 0) is 13.1 Å². The predicted octanol–water partition coefficient (Wildman–Crippen LogP) is -2.60. The molecule has 8 heteroatoms. The SMILES string of the molecule is CCC[N+](C)(C)CCn1c(=O)n(CC)c(=O)c2[nH]cnc21.[Br-]. The van der Waals surface area contributed by atoms with Gasteiger partial charge in [0.2, 0.25) is 0 Å². The van der Waals surface area contributed by atoms with Crippen LogP contribution >= 0.6 is 0 Å². The number of hydrogen-bond donors (Lipinski definition) is 1. The highest BCUT2D eigenvalue weighted by Crippen LogP contribution is 2.04. The molecule has 0 aliphatic heterocycles. The highest BCUT2D eigenvalue weighted by atomic mass is 79.9. The molecule has 0 atom stereocenters. The average Bonchev–Trinajstić information content (AvgIpc) is 2.88. The maximum atomic E-state index is 12.5. The van der Waals surface area contributed by atoms with Crippen molar-refractivity contribution < 1.29 is 21.5 Å². The van der Waals surface area contributed by atoms with E-state index in [9.17, 15) is 9.59 Å². The Morgan fingerprint density at radius 2 is 1.86 bits per heavy atom. The van der Waals surface area contributed by atoms with Crippen LogP contribution in [-0.4, -0.2) is 50.8 Å². The molecule has 0 unspecified atom stereocenters. The molecule has 7 nitrogen and oxygen atoms in total. The van der Waals surface area contributed by atoms with Crippen molar-refractivity contribution in [3.63, 3.8) is 0 Å². The van der Waals surface area contributed by atoms with E-state index in [1.54, 1.807) is 11.5 Å². The summed E-state index contributed by atoms with van der Waals surface area (Å²) in [7, 11) is 4.29. The van der Waals surface area contributed by atoms with E-state index < -0.39 is 0 Å².